The molecule has 0 unspecified atom stereocenters. The van der Waals surface area contributed by atoms with Crippen LogP contribution in [-0.4, -0.2) is 24.8 Å². The van der Waals surface area contributed by atoms with Gasteiger partial charge in [0.25, 0.3) is 0 Å². The Bertz CT molecular complexity index is 968. The molecule has 2 heterocycles. The number of hydrogen-bond donors (Lipinski definition) is 0. The monoisotopic (exact) mass is 388 g/mol. The number of halogens is 3. The Morgan fingerprint density at radius 1 is 1.04 bits per heavy atom. The second-order valence-corrected chi connectivity index (χ2v) is 6.52. The number of rotatable bonds is 4. The minimum atomic E-state index is -4.37. The second-order valence-electron chi connectivity index (χ2n) is 6.52. The summed E-state index contributed by atoms with van der Waals surface area (Å²) in [6, 6.07) is 14.8. The van der Waals surface area contributed by atoms with Gasteiger partial charge < -0.3 is 18.9 Å². The van der Waals surface area contributed by atoms with Gasteiger partial charge >= 0.3 is 6.18 Å². The maximum atomic E-state index is 13.0. The molecule has 28 heavy (non-hydrogen) atoms. The lowest BCUT2D eigenvalue weighted by atomic mass is 10.2. The summed E-state index contributed by atoms with van der Waals surface area (Å²) in [5.41, 5.74) is 1.62. The van der Waals surface area contributed by atoms with Gasteiger partial charge in [0.2, 0.25) is 0 Å². The molecule has 0 spiro atoms. The van der Waals surface area contributed by atoms with Crippen molar-refractivity contribution in [2.75, 3.05) is 25.2 Å². The lowest BCUT2D eigenvalue weighted by Gasteiger charge is -2.25. The first-order chi connectivity index (χ1) is 13.5. The molecular weight excluding hydrogens is 369 g/mol. The van der Waals surface area contributed by atoms with Crippen molar-refractivity contribution in [1.29, 1.82) is 0 Å². The van der Waals surface area contributed by atoms with Crippen LogP contribution in [0.3, 0.4) is 0 Å². The average molecular weight is 388 g/mol. The zero-order valence-corrected chi connectivity index (χ0v) is 15.2. The van der Waals surface area contributed by atoms with Gasteiger partial charge in [-0.05, 0) is 36.4 Å². The third kappa shape index (κ3) is 3.57. The Hall–Kier alpha value is -2.93. The Balaban J connectivity index is 1.62. The maximum absolute atomic E-state index is 13.0. The number of nitrogens with zero attached hydrogens (tertiary/aromatic N) is 2. The number of hydrogen-bond acceptors (Lipinski definition) is 3. The zero-order chi connectivity index (χ0) is 19.7. The number of benzene rings is 2. The van der Waals surface area contributed by atoms with E-state index >= 15 is 0 Å². The molecule has 0 bridgehead atoms. The van der Waals surface area contributed by atoms with Crippen LogP contribution in [0.5, 0.6) is 5.75 Å². The van der Waals surface area contributed by atoms with E-state index < -0.39 is 11.7 Å². The molecule has 1 aliphatic heterocycles. The fourth-order valence-electron chi connectivity index (χ4n) is 3.36. The summed E-state index contributed by atoms with van der Waals surface area (Å²) in [4.78, 5) is 2.11. The number of anilines is 1. The van der Waals surface area contributed by atoms with E-state index in [1.165, 1.54) is 6.07 Å². The third-order valence-electron chi connectivity index (χ3n) is 4.75. The molecule has 0 aliphatic carbocycles. The molecule has 1 aliphatic rings. The molecule has 146 valence electrons. The van der Waals surface area contributed by atoms with E-state index in [9.17, 15) is 13.2 Å². The van der Waals surface area contributed by atoms with Gasteiger partial charge in [-0.3, -0.25) is 0 Å². The van der Waals surface area contributed by atoms with E-state index in [1.54, 1.807) is 30.1 Å². The Labute approximate surface area is 160 Å². The van der Waals surface area contributed by atoms with Crippen molar-refractivity contribution in [1.82, 2.24) is 4.57 Å². The van der Waals surface area contributed by atoms with E-state index in [2.05, 4.69) is 4.90 Å². The van der Waals surface area contributed by atoms with Crippen LogP contribution in [0.1, 0.15) is 17.4 Å². The van der Waals surface area contributed by atoms with Crippen molar-refractivity contribution < 1.29 is 22.6 Å². The molecule has 1 aromatic heterocycles. The third-order valence-corrected chi connectivity index (χ3v) is 4.75. The fourth-order valence-corrected chi connectivity index (χ4v) is 3.36. The van der Waals surface area contributed by atoms with Gasteiger partial charge in [-0.15, -0.1) is 0 Å². The molecule has 1 fully saturated rings. The molecule has 4 rings (SSSR count). The number of methoxy groups -OCH3 is 1. The first-order valence-corrected chi connectivity index (χ1v) is 8.83. The van der Waals surface area contributed by atoms with Crippen molar-refractivity contribution in [3.8, 4) is 11.4 Å². The molecule has 0 N–H and O–H groups in total. The molecule has 0 saturated carbocycles. The van der Waals surface area contributed by atoms with Gasteiger partial charge in [-0.2, -0.15) is 13.2 Å². The lowest BCUT2D eigenvalue weighted by Crippen LogP contribution is -2.23. The van der Waals surface area contributed by atoms with Crippen LogP contribution in [-0.2, 0) is 10.9 Å². The van der Waals surface area contributed by atoms with Crippen LogP contribution in [0.4, 0.5) is 18.9 Å². The fraction of sp³-hybridized carbons (Fsp3) is 0.238. The van der Waals surface area contributed by atoms with E-state index in [1.807, 2.05) is 30.3 Å². The van der Waals surface area contributed by atoms with E-state index in [0.29, 0.717) is 18.8 Å². The van der Waals surface area contributed by atoms with Crippen LogP contribution >= 0.6 is 0 Å². The summed E-state index contributed by atoms with van der Waals surface area (Å²) in [5.74, 6) is 0.754. The molecule has 0 radical (unpaired) electrons. The van der Waals surface area contributed by atoms with Gasteiger partial charge in [-0.1, -0.05) is 12.1 Å². The van der Waals surface area contributed by atoms with E-state index in [-0.39, 0.29) is 6.23 Å². The van der Waals surface area contributed by atoms with Crippen molar-refractivity contribution in [3.63, 3.8) is 0 Å². The van der Waals surface area contributed by atoms with Crippen LogP contribution in [0, 0.1) is 0 Å². The lowest BCUT2D eigenvalue weighted by molar-refractivity contribution is -0.137. The highest BCUT2D eigenvalue weighted by Crippen LogP contribution is 2.35. The van der Waals surface area contributed by atoms with Crippen LogP contribution in [0.25, 0.3) is 5.69 Å². The van der Waals surface area contributed by atoms with Crippen molar-refractivity contribution in [3.05, 3.63) is 78.1 Å². The van der Waals surface area contributed by atoms with Gasteiger partial charge in [0.05, 0.1) is 19.3 Å². The molecule has 1 atom stereocenters. The second kappa shape index (κ2) is 7.24. The van der Waals surface area contributed by atoms with Crippen molar-refractivity contribution in [2.45, 2.75) is 12.4 Å². The smallest absolute Gasteiger partial charge is 0.416 e. The standard InChI is InChI=1S/C21H19F3N2O2/c1-27-19-7-3-6-18(13-19)26-10-11-28-20(26)15-8-9-25(14-15)17-5-2-4-16(12-17)21(22,23)24/h2-9,12-14,20H,10-11H2,1H3/t20-/m0/s1. The van der Waals surface area contributed by atoms with Crippen LogP contribution in [0.15, 0.2) is 67.0 Å². The Morgan fingerprint density at radius 3 is 2.61 bits per heavy atom. The summed E-state index contributed by atoms with van der Waals surface area (Å²) in [5, 5.41) is 0. The molecule has 2 aromatic carbocycles. The highest BCUT2D eigenvalue weighted by Gasteiger charge is 2.31. The van der Waals surface area contributed by atoms with Gasteiger partial charge in [0, 0.05) is 41.9 Å². The predicted molar refractivity (Wildman–Crippen MR) is 99.8 cm³/mol. The highest BCUT2D eigenvalue weighted by atomic mass is 19.4. The summed E-state index contributed by atoms with van der Waals surface area (Å²) < 4.78 is 51.8. The molecule has 7 heteroatoms. The summed E-state index contributed by atoms with van der Waals surface area (Å²) in [6.45, 7) is 1.28. The molecule has 0 amide bonds. The van der Waals surface area contributed by atoms with Crippen LogP contribution in [0.2, 0.25) is 0 Å². The molecule has 3 aromatic rings. The Morgan fingerprint density at radius 2 is 1.82 bits per heavy atom. The molecule has 1 saturated heterocycles. The van der Waals surface area contributed by atoms with Crippen molar-refractivity contribution in [2.24, 2.45) is 0 Å². The van der Waals surface area contributed by atoms with Crippen LogP contribution < -0.4 is 9.64 Å². The minimum absolute atomic E-state index is 0.306. The molecular formula is C21H19F3N2O2. The number of alkyl halides is 3. The first-order valence-electron chi connectivity index (χ1n) is 8.83. The Kier molecular flexibility index (Phi) is 4.77. The minimum Gasteiger partial charge on any atom is -0.497 e. The predicted octanol–water partition coefficient (Wildman–Crippen LogP) is 5.04. The molecule has 4 nitrogen and oxygen atoms in total. The van der Waals surface area contributed by atoms with Crippen molar-refractivity contribution >= 4 is 5.69 Å². The summed E-state index contributed by atoms with van der Waals surface area (Å²) >= 11 is 0. The maximum Gasteiger partial charge on any atom is 0.416 e. The van der Waals surface area contributed by atoms with Gasteiger partial charge in [0.15, 0.2) is 6.23 Å². The quantitative estimate of drug-likeness (QED) is 0.627. The normalized spacial score (nSPS) is 17.1. The van der Waals surface area contributed by atoms with E-state index in [0.717, 1.165) is 29.1 Å². The first kappa shape index (κ1) is 18.4. The summed E-state index contributed by atoms with van der Waals surface area (Å²) in [7, 11) is 1.62. The number of ether oxygens (including phenoxy) is 2. The highest BCUT2D eigenvalue weighted by molar-refractivity contribution is 5.53. The average Bonchev–Trinajstić information content (AvgIpc) is 3.37. The number of aromatic nitrogens is 1. The SMILES string of the molecule is COc1cccc(N2CCO[C@H]2c2ccn(-c3cccc(C(F)(F)F)c3)c2)c1. The topological polar surface area (TPSA) is 26.6 Å². The largest absolute Gasteiger partial charge is 0.497 e. The zero-order valence-electron chi connectivity index (χ0n) is 15.2. The van der Waals surface area contributed by atoms with Gasteiger partial charge in [0.1, 0.15) is 5.75 Å². The summed E-state index contributed by atoms with van der Waals surface area (Å²) in [6.07, 6.45) is -1.13. The van der Waals surface area contributed by atoms with Gasteiger partial charge in [-0.25, -0.2) is 0 Å². The van der Waals surface area contributed by atoms with E-state index in [4.69, 9.17) is 9.47 Å².